The van der Waals surface area contributed by atoms with E-state index in [-0.39, 0.29) is 23.9 Å². The van der Waals surface area contributed by atoms with Gasteiger partial charge < -0.3 is 25.8 Å². The second kappa shape index (κ2) is 10.9. The predicted octanol–water partition coefficient (Wildman–Crippen LogP) is 4.11. The summed E-state index contributed by atoms with van der Waals surface area (Å²) in [5.74, 6) is -3.41. The van der Waals surface area contributed by atoms with E-state index in [0.717, 1.165) is 41.9 Å². The Morgan fingerprint density at radius 3 is 2.64 bits per heavy atom. The molecule has 1 saturated heterocycles. The highest BCUT2D eigenvalue weighted by Gasteiger charge is 2.32. The zero-order valence-electron chi connectivity index (χ0n) is 21.7. The van der Waals surface area contributed by atoms with Gasteiger partial charge in [0, 0.05) is 31.8 Å². The molecule has 1 aliphatic carbocycles. The van der Waals surface area contributed by atoms with Gasteiger partial charge in [-0.2, -0.15) is 0 Å². The molecule has 1 fully saturated rings. The molecule has 39 heavy (non-hydrogen) atoms. The summed E-state index contributed by atoms with van der Waals surface area (Å²) in [7, 11) is 1.39. The van der Waals surface area contributed by atoms with Gasteiger partial charge in [-0.25, -0.2) is 18.2 Å². The van der Waals surface area contributed by atoms with Gasteiger partial charge in [0.15, 0.2) is 0 Å². The Kier molecular flexibility index (Phi) is 7.57. The van der Waals surface area contributed by atoms with Crippen LogP contribution in [0, 0.1) is 23.4 Å². The number of rotatable bonds is 6. The number of aromatic nitrogens is 2. The number of nitrogens with two attached hydrogens (primary N) is 1. The molecule has 2 aromatic heterocycles. The van der Waals surface area contributed by atoms with Gasteiger partial charge in [0.1, 0.15) is 28.8 Å². The van der Waals surface area contributed by atoms with Crippen molar-refractivity contribution >= 4 is 17.3 Å². The lowest BCUT2D eigenvalue weighted by Gasteiger charge is -2.38. The lowest BCUT2D eigenvalue weighted by molar-refractivity contribution is 0.102. The van der Waals surface area contributed by atoms with Gasteiger partial charge in [0.2, 0.25) is 0 Å². The van der Waals surface area contributed by atoms with Gasteiger partial charge >= 0.3 is 0 Å². The third-order valence-electron chi connectivity index (χ3n) is 7.15. The van der Waals surface area contributed by atoms with Crippen LogP contribution in [0.25, 0.3) is 11.3 Å². The van der Waals surface area contributed by atoms with E-state index in [9.17, 15) is 23.1 Å². The van der Waals surface area contributed by atoms with Gasteiger partial charge in [-0.1, -0.05) is 6.92 Å². The smallest absolute Gasteiger partial charge is 0.274 e. The van der Waals surface area contributed by atoms with Crippen LogP contribution in [0.5, 0.6) is 0 Å². The summed E-state index contributed by atoms with van der Waals surface area (Å²) in [6.07, 6.45) is 2.75. The molecule has 3 atom stereocenters. The fraction of sp³-hybridized carbons (Fsp3) is 0.393. The number of ether oxygens (including phenoxy) is 1. The fourth-order valence-electron chi connectivity index (χ4n) is 5.58. The largest absolute Gasteiger partial charge is 0.387 e. The normalized spacial score (nSPS) is 20.7. The topological polar surface area (TPSA) is 114 Å². The number of halogens is 3. The Labute approximate surface area is 224 Å². The molecule has 0 bridgehead atoms. The molecule has 4 N–H and O–H groups in total. The first kappa shape index (κ1) is 27.0. The van der Waals surface area contributed by atoms with Crippen molar-refractivity contribution in [2.24, 2.45) is 11.7 Å². The van der Waals surface area contributed by atoms with Gasteiger partial charge in [0.05, 0.1) is 41.5 Å². The van der Waals surface area contributed by atoms with E-state index in [1.54, 1.807) is 0 Å². The van der Waals surface area contributed by atoms with Gasteiger partial charge in [-0.3, -0.25) is 9.78 Å². The number of carbonyl (C=O) groups is 1. The minimum Gasteiger partial charge on any atom is -0.387 e. The van der Waals surface area contributed by atoms with E-state index in [0.29, 0.717) is 43.2 Å². The van der Waals surface area contributed by atoms with E-state index >= 15 is 0 Å². The first-order valence-corrected chi connectivity index (χ1v) is 12.8. The van der Waals surface area contributed by atoms with Crippen LogP contribution in [-0.4, -0.2) is 47.2 Å². The number of pyridine rings is 2. The van der Waals surface area contributed by atoms with Gasteiger partial charge in [-0.05, 0) is 55.0 Å². The van der Waals surface area contributed by atoms with E-state index in [2.05, 4.69) is 27.1 Å². The monoisotopic (exact) mass is 541 g/mol. The lowest BCUT2D eigenvalue weighted by atomic mass is 9.95. The van der Waals surface area contributed by atoms with E-state index in [1.807, 2.05) is 0 Å². The standard InChI is InChI=1S/C28H30F3N5O3/c1-14-7-16(32)12-36(11-14)27-17-3-6-23(37)25(17)33-10-22(27)35-28(38)21-5-4-18(29)26(34-21)24-19(30)8-15(13-39-2)9-20(24)31/h4-5,8-10,14,16,23,37H,3,6-7,11-13,32H2,1-2H3,(H,35,38)/t14-,16?,23?/m1/s1. The number of methoxy groups -OCH3 is 1. The first-order valence-electron chi connectivity index (χ1n) is 12.8. The molecule has 3 aromatic rings. The molecule has 8 nitrogen and oxygen atoms in total. The number of fused-ring (bicyclic) bond motifs is 1. The number of piperidine rings is 1. The summed E-state index contributed by atoms with van der Waals surface area (Å²) < 4.78 is 49.3. The molecule has 206 valence electrons. The zero-order valence-corrected chi connectivity index (χ0v) is 21.7. The summed E-state index contributed by atoms with van der Waals surface area (Å²) in [6.45, 7) is 3.35. The number of aliphatic hydroxyl groups excluding tert-OH is 1. The van der Waals surface area contributed by atoms with Crippen molar-refractivity contribution in [3.8, 4) is 11.3 Å². The van der Waals surface area contributed by atoms with Crippen LogP contribution in [0.1, 0.15) is 53.2 Å². The van der Waals surface area contributed by atoms with Gasteiger partial charge in [0.25, 0.3) is 5.91 Å². The second-order valence-corrected chi connectivity index (χ2v) is 10.3. The van der Waals surface area contributed by atoms with Crippen molar-refractivity contribution in [3.05, 3.63) is 70.4 Å². The SMILES string of the molecule is COCc1cc(F)c(-c2nc(C(=O)Nc3cnc4c(c3N3CC(N)C[C@@H](C)C3)CCC4O)ccc2F)c(F)c1. The fourth-order valence-corrected chi connectivity index (χ4v) is 5.58. The molecule has 11 heteroatoms. The molecule has 0 saturated carbocycles. The summed E-state index contributed by atoms with van der Waals surface area (Å²) in [5, 5.41) is 13.2. The van der Waals surface area contributed by atoms with Crippen molar-refractivity contribution in [3.63, 3.8) is 0 Å². The molecule has 1 amide bonds. The number of benzene rings is 1. The molecule has 2 unspecified atom stereocenters. The number of carbonyl (C=O) groups excluding carboxylic acids is 1. The number of amides is 1. The van der Waals surface area contributed by atoms with E-state index < -0.39 is 40.7 Å². The highest BCUT2D eigenvalue weighted by molar-refractivity contribution is 6.05. The first-order chi connectivity index (χ1) is 18.7. The van der Waals surface area contributed by atoms with Crippen molar-refractivity contribution in [1.82, 2.24) is 9.97 Å². The van der Waals surface area contributed by atoms with Crippen molar-refractivity contribution in [2.45, 2.75) is 44.9 Å². The van der Waals surface area contributed by atoms with E-state index in [1.165, 1.54) is 13.3 Å². The Morgan fingerprint density at radius 1 is 1.21 bits per heavy atom. The maximum absolute atomic E-state index is 14.8. The molecule has 0 spiro atoms. The van der Waals surface area contributed by atoms with Crippen molar-refractivity contribution in [2.75, 3.05) is 30.4 Å². The van der Waals surface area contributed by atoms with Crippen LogP contribution >= 0.6 is 0 Å². The number of anilines is 2. The van der Waals surface area contributed by atoms with Crippen LogP contribution in [-0.2, 0) is 17.8 Å². The number of hydrogen-bond acceptors (Lipinski definition) is 7. The molecule has 5 rings (SSSR count). The molecule has 0 radical (unpaired) electrons. The van der Waals surface area contributed by atoms with Crippen molar-refractivity contribution in [1.29, 1.82) is 0 Å². The molecule has 1 aromatic carbocycles. The average molecular weight is 542 g/mol. The van der Waals surface area contributed by atoms with Crippen molar-refractivity contribution < 1.29 is 27.8 Å². The Balaban J connectivity index is 1.50. The molecular formula is C28H30F3N5O3. The quantitative estimate of drug-likeness (QED) is 0.430. The summed E-state index contributed by atoms with van der Waals surface area (Å²) in [5.41, 5.74) is 7.54. The third-order valence-corrected chi connectivity index (χ3v) is 7.15. The maximum Gasteiger partial charge on any atom is 0.274 e. The molecular weight excluding hydrogens is 511 g/mol. The Bertz CT molecular complexity index is 1390. The average Bonchev–Trinajstić information content (AvgIpc) is 3.24. The maximum atomic E-state index is 14.8. The highest BCUT2D eigenvalue weighted by Crippen LogP contribution is 2.41. The number of aliphatic hydroxyl groups is 1. The number of hydrogen-bond donors (Lipinski definition) is 3. The van der Waals surface area contributed by atoms with Crippen LogP contribution in [0.4, 0.5) is 24.5 Å². The third kappa shape index (κ3) is 5.34. The minimum atomic E-state index is -1.02. The second-order valence-electron chi connectivity index (χ2n) is 10.3. The highest BCUT2D eigenvalue weighted by atomic mass is 19.1. The predicted molar refractivity (Wildman–Crippen MR) is 140 cm³/mol. The summed E-state index contributed by atoms with van der Waals surface area (Å²) in [4.78, 5) is 23.8. The van der Waals surface area contributed by atoms with E-state index in [4.69, 9.17) is 10.5 Å². The van der Waals surface area contributed by atoms with Crippen LogP contribution in [0.15, 0.2) is 30.5 Å². The summed E-state index contributed by atoms with van der Waals surface area (Å²) >= 11 is 0. The molecule has 1 aliphatic heterocycles. The Morgan fingerprint density at radius 2 is 1.95 bits per heavy atom. The zero-order chi connectivity index (χ0) is 27.8. The molecule has 3 heterocycles. The Hall–Kier alpha value is -3.54. The van der Waals surface area contributed by atoms with Crippen LogP contribution in [0.2, 0.25) is 0 Å². The van der Waals surface area contributed by atoms with Gasteiger partial charge in [-0.15, -0.1) is 0 Å². The molecule has 2 aliphatic rings. The summed E-state index contributed by atoms with van der Waals surface area (Å²) in [6, 6.07) is 4.11. The number of nitrogens with one attached hydrogen (secondary N) is 1. The van der Waals surface area contributed by atoms with Crippen LogP contribution in [0.3, 0.4) is 0 Å². The minimum absolute atomic E-state index is 0.0264. The lowest BCUT2D eigenvalue weighted by Crippen LogP contribution is -2.47. The van der Waals surface area contributed by atoms with Crippen LogP contribution < -0.4 is 16.0 Å². The number of nitrogens with zero attached hydrogens (tertiary/aromatic N) is 3.